The van der Waals surface area contributed by atoms with Crippen molar-refractivity contribution >= 4 is 33.3 Å². The van der Waals surface area contributed by atoms with Crippen molar-refractivity contribution in [3.05, 3.63) is 52.6 Å². The Morgan fingerprint density at radius 2 is 1.81 bits per heavy atom. The van der Waals surface area contributed by atoms with Crippen molar-refractivity contribution in [1.82, 2.24) is 0 Å². The molecule has 0 saturated heterocycles. The zero-order chi connectivity index (χ0) is 18.3. The van der Waals surface area contributed by atoms with Crippen molar-refractivity contribution in [3.63, 3.8) is 0 Å². The summed E-state index contributed by atoms with van der Waals surface area (Å²) in [6.07, 6.45) is 1.76. The van der Waals surface area contributed by atoms with Gasteiger partial charge < -0.3 is 18.9 Å². The molecule has 0 spiro atoms. The number of carbonyl (C=O) groups is 1. The summed E-state index contributed by atoms with van der Waals surface area (Å²) in [4.78, 5) is 12.9. The molecule has 5 nitrogen and oxygen atoms in total. The second-order valence-corrected chi connectivity index (χ2v) is 6.56. The standard InChI is InChI=1S/C20H16O5S/c1-22-15-9-13-17(21)14(25-18(13)20(24-3)19(15)23-2)8-11-10-26-16-7-5-4-6-12(11)16/h4-10H,1-3H3/b14-8-. The van der Waals surface area contributed by atoms with Gasteiger partial charge in [-0.1, -0.05) is 18.2 Å². The van der Waals surface area contributed by atoms with Gasteiger partial charge >= 0.3 is 0 Å². The van der Waals surface area contributed by atoms with Crippen molar-refractivity contribution < 1.29 is 23.7 Å². The van der Waals surface area contributed by atoms with Crippen molar-refractivity contribution in [3.8, 4) is 23.0 Å². The number of Topliss-reactive ketones (excluding diaryl/α,β-unsaturated/α-hetero) is 1. The number of fused-ring (bicyclic) bond motifs is 2. The number of carbonyl (C=O) groups excluding carboxylic acids is 1. The van der Waals surface area contributed by atoms with E-state index in [4.69, 9.17) is 18.9 Å². The molecule has 3 aromatic rings. The van der Waals surface area contributed by atoms with E-state index in [0.717, 1.165) is 15.6 Å². The van der Waals surface area contributed by atoms with Gasteiger partial charge in [0.1, 0.15) is 0 Å². The summed E-state index contributed by atoms with van der Waals surface area (Å²) < 4.78 is 23.1. The molecule has 1 aromatic heterocycles. The Labute approximate surface area is 154 Å². The minimum atomic E-state index is -0.213. The number of rotatable bonds is 4. The number of hydrogen-bond acceptors (Lipinski definition) is 6. The lowest BCUT2D eigenvalue weighted by molar-refractivity contribution is 0.101. The van der Waals surface area contributed by atoms with Crippen LogP contribution in [-0.2, 0) is 0 Å². The summed E-state index contributed by atoms with van der Waals surface area (Å²) in [7, 11) is 4.52. The zero-order valence-corrected chi connectivity index (χ0v) is 15.3. The maximum atomic E-state index is 12.9. The third kappa shape index (κ3) is 2.42. The molecule has 2 aromatic carbocycles. The summed E-state index contributed by atoms with van der Waals surface area (Å²) in [5.74, 6) is 1.53. The first-order chi connectivity index (χ1) is 12.7. The van der Waals surface area contributed by atoms with Crippen LogP contribution < -0.4 is 18.9 Å². The van der Waals surface area contributed by atoms with Gasteiger partial charge in [-0.05, 0) is 34.5 Å². The molecule has 0 aliphatic carbocycles. The van der Waals surface area contributed by atoms with Gasteiger partial charge in [-0.25, -0.2) is 0 Å². The van der Waals surface area contributed by atoms with E-state index in [1.165, 1.54) is 21.3 Å². The normalized spacial score (nSPS) is 14.4. The van der Waals surface area contributed by atoms with Crippen molar-refractivity contribution in [1.29, 1.82) is 0 Å². The molecule has 6 heteroatoms. The lowest BCUT2D eigenvalue weighted by Crippen LogP contribution is -1.98. The van der Waals surface area contributed by atoms with Crippen LogP contribution in [0.1, 0.15) is 15.9 Å². The second kappa shape index (κ2) is 6.38. The SMILES string of the molecule is COc1cc2c(c(OC)c1OC)O/C(=C\c1csc3ccccc13)C2=O. The Morgan fingerprint density at radius 3 is 2.54 bits per heavy atom. The minimum Gasteiger partial charge on any atom is -0.493 e. The van der Waals surface area contributed by atoms with Crippen LogP contribution in [0.25, 0.3) is 16.2 Å². The summed E-state index contributed by atoms with van der Waals surface area (Å²) in [6.45, 7) is 0. The third-order valence-electron chi connectivity index (χ3n) is 4.26. The first-order valence-electron chi connectivity index (χ1n) is 7.91. The molecule has 0 radical (unpaired) electrons. The lowest BCUT2D eigenvalue weighted by Gasteiger charge is -2.14. The van der Waals surface area contributed by atoms with Gasteiger partial charge in [0.2, 0.25) is 17.3 Å². The lowest BCUT2D eigenvalue weighted by atomic mass is 10.1. The van der Waals surface area contributed by atoms with Crippen molar-refractivity contribution in [2.75, 3.05) is 21.3 Å². The number of ketones is 1. The number of benzene rings is 2. The largest absolute Gasteiger partial charge is 0.493 e. The quantitative estimate of drug-likeness (QED) is 0.633. The average molecular weight is 368 g/mol. The molecule has 0 atom stereocenters. The second-order valence-electron chi connectivity index (χ2n) is 5.65. The summed E-state index contributed by atoms with van der Waals surface area (Å²) in [5.41, 5.74) is 1.34. The fourth-order valence-corrected chi connectivity index (χ4v) is 3.95. The molecule has 0 unspecified atom stereocenters. The van der Waals surface area contributed by atoms with Gasteiger partial charge in [-0.3, -0.25) is 4.79 Å². The highest BCUT2D eigenvalue weighted by Crippen LogP contribution is 2.50. The molecule has 1 aliphatic heterocycles. The molecule has 0 bridgehead atoms. The molecular weight excluding hydrogens is 352 g/mol. The average Bonchev–Trinajstić information content (AvgIpc) is 3.22. The molecule has 0 amide bonds. The van der Waals surface area contributed by atoms with E-state index in [1.54, 1.807) is 23.5 Å². The van der Waals surface area contributed by atoms with E-state index >= 15 is 0 Å². The van der Waals surface area contributed by atoms with Crippen LogP contribution in [0, 0.1) is 0 Å². The predicted octanol–water partition coefficient (Wildman–Crippen LogP) is 4.54. The number of hydrogen-bond donors (Lipinski definition) is 0. The molecular formula is C20H16O5S. The van der Waals surface area contributed by atoms with E-state index in [-0.39, 0.29) is 11.5 Å². The molecule has 4 rings (SSSR count). The van der Waals surface area contributed by atoms with Crippen LogP contribution in [0.3, 0.4) is 0 Å². The highest BCUT2D eigenvalue weighted by Gasteiger charge is 2.34. The van der Waals surface area contributed by atoms with Gasteiger partial charge in [0.25, 0.3) is 0 Å². The Balaban J connectivity index is 1.83. The van der Waals surface area contributed by atoms with Crippen LogP contribution in [-0.4, -0.2) is 27.1 Å². The molecule has 0 saturated carbocycles. The highest BCUT2D eigenvalue weighted by atomic mass is 32.1. The topological polar surface area (TPSA) is 54.0 Å². The van der Waals surface area contributed by atoms with Gasteiger partial charge in [-0.2, -0.15) is 0 Å². The van der Waals surface area contributed by atoms with Crippen LogP contribution in [0.2, 0.25) is 0 Å². The van der Waals surface area contributed by atoms with Gasteiger partial charge in [0.05, 0.1) is 26.9 Å². The third-order valence-corrected chi connectivity index (χ3v) is 5.24. The maximum Gasteiger partial charge on any atom is 0.232 e. The van der Waals surface area contributed by atoms with E-state index in [2.05, 4.69) is 0 Å². The smallest absolute Gasteiger partial charge is 0.232 e. The molecule has 0 N–H and O–H groups in total. The number of thiophene rings is 1. The monoisotopic (exact) mass is 368 g/mol. The van der Waals surface area contributed by atoms with Crippen molar-refractivity contribution in [2.45, 2.75) is 0 Å². The minimum absolute atomic E-state index is 0.213. The number of ether oxygens (including phenoxy) is 4. The van der Waals surface area contributed by atoms with Crippen LogP contribution >= 0.6 is 11.3 Å². The Kier molecular flexibility index (Phi) is 4.05. The Bertz CT molecular complexity index is 1050. The number of allylic oxidation sites excluding steroid dienone is 1. The van der Waals surface area contributed by atoms with Crippen molar-refractivity contribution in [2.24, 2.45) is 0 Å². The van der Waals surface area contributed by atoms with E-state index < -0.39 is 0 Å². The van der Waals surface area contributed by atoms with Gasteiger partial charge in [0, 0.05) is 4.70 Å². The zero-order valence-electron chi connectivity index (χ0n) is 14.5. The fourth-order valence-electron chi connectivity index (χ4n) is 3.04. The summed E-state index contributed by atoms with van der Waals surface area (Å²) in [5, 5.41) is 3.09. The molecule has 2 heterocycles. The molecule has 0 fully saturated rings. The van der Waals surface area contributed by atoms with Crippen LogP contribution in [0.5, 0.6) is 23.0 Å². The highest BCUT2D eigenvalue weighted by molar-refractivity contribution is 7.17. The predicted molar refractivity (Wildman–Crippen MR) is 101 cm³/mol. The first kappa shape index (κ1) is 16.5. The number of methoxy groups -OCH3 is 3. The molecule has 132 valence electrons. The van der Waals surface area contributed by atoms with Gasteiger partial charge in [-0.15, -0.1) is 11.3 Å². The van der Waals surface area contributed by atoms with E-state index in [1.807, 2.05) is 29.6 Å². The molecule has 1 aliphatic rings. The summed E-state index contributed by atoms with van der Waals surface area (Å²) >= 11 is 1.63. The van der Waals surface area contributed by atoms with E-state index in [9.17, 15) is 4.79 Å². The Hall–Kier alpha value is -2.99. The maximum absolute atomic E-state index is 12.9. The van der Waals surface area contributed by atoms with Crippen LogP contribution in [0.15, 0.2) is 41.5 Å². The summed E-state index contributed by atoms with van der Waals surface area (Å²) in [6, 6.07) is 9.66. The van der Waals surface area contributed by atoms with E-state index in [0.29, 0.717) is 28.6 Å². The Morgan fingerprint density at radius 1 is 1.04 bits per heavy atom. The molecule has 26 heavy (non-hydrogen) atoms. The fraction of sp³-hybridized carbons (Fsp3) is 0.150. The van der Waals surface area contributed by atoms with Gasteiger partial charge in [0.15, 0.2) is 17.3 Å². The van der Waals surface area contributed by atoms with Crippen LogP contribution in [0.4, 0.5) is 0 Å². The first-order valence-corrected chi connectivity index (χ1v) is 8.79.